The predicted molar refractivity (Wildman–Crippen MR) is 52.3 cm³/mol. The first kappa shape index (κ1) is 15.6. The Kier molecular flexibility index (Phi) is 6.47. The number of hydrogen-bond donors (Lipinski definition) is 4. The van der Waals surface area contributed by atoms with Crippen molar-refractivity contribution < 1.29 is 44.3 Å². The molecule has 9 heteroatoms. The maximum atomic E-state index is 11.3. The average molecular weight is 250 g/mol. The number of carbonyl (C=O) groups excluding carboxylic acids is 1. The number of rotatable bonds is 4. The first-order valence-electron chi connectivity index (χ1n) is 4.32. The zero-order chi connectivity index (χ0) is 12.1. The van der Waals surface area contributed by atoms with E-state index in [1.54, 1.807) is 0 Å². The Bertz CT molecular complexity index is 492. The second-order valence-corrected chi connectivity index (χ2v) is 2.90. The summed E-state index contributed by atoms with van der Waals surface area (Å²) in [6.07, 6.45) is -0.237. The molecule has 0 saturated heterocycles. The van der Waals surface area contributed by atoms with Crippen LogP contribution in [0.15, 0.2) is 15.7 Å². The molecule has 8 nitrogen and oxygen atoms in total. The molecule has 0 bridgehead atoms. The largest absolute Gasteiger partial charge is 1.00 e. The van der Waals surface area contributed by atoms with E-state index in [0.717, 1.165) is 6.07 Å². The Morgan fingerprint density at radius 3 is 2.47 bits per heavy atom. The van der Waals surface area contributed by atoms with Crippen LogP contribution in [0.4, 0.5) is 0 Å². The first-order valence-corrected chi connectivity index (χ1v) is 4.32. The van der Waals surface area contributed by atoms with Crippen molar-refractivity contribution in [2.75, 3.05) is 6.54 Å². The molecule has 86 valence electrons. The Balaban J connectivity index is 0.00000256. The molecule has 1 amide bonds. The quantitative estimate of drug-likeness (QED) is 0.398. The summed E-state index contributed by atoms with van der Waals surface area (Å²) in [5.41, 5.74) is -1.71. The summed E-state index contributed by atoms with van der Waals surface area (Å²) in [7, 11) is 0. The molecule has 0 aromatic carbocycles. The SMILES string of the molecule is O=C(O)CCNC(=O)c1cc(=O)[nH]c(=O)[nH]1.[Na+]. The number of H-pyrrole nitrogens is 2. The van der Waals surface area contributed by atoms with Crippen LogP contribution in [0.1, 0.15) is 16.9 Å². The zero-order valence-corrected chi connectivity index (χ0v) is 11.1. The molecule has 4 N–H and O–H groups in total. The summed E-state index contributed by atoms with van der Waals surface area (Å²) in [6.45, 7) is -0.0804. The molecule has 0 aliphatic carbocycles. The van der Waals surface area contributed by atoms with Crippen LogP contribution in [0.5, 0.6) is 0 Å². The number of nitrogens with one attached hydrogen (secondary N) is 3. The van der Waals surface area contributed by atoms with E-state index in [-0.39, 0.29) is 48.2 Å². The average Bonchev–Trinajstić information content (AvgIpc) is 2.15. The fourth-order valence-corrected chi connectivity index (χ4v) is 0.969. The second-order valence-electron chi connectivity index (χ2n) is 2.90. The van der Waals surface area contributed by atoms with Crippen molar-refractivity contribution in [1.82, 2.24) is 15.3 Å². The molecule has 1 heterocycles. The Morgan fingerprint density at radius 2 is 1.94 bits per heavy atom. The molecule has 0 aliphatic heterocycles. The number of carboxylic acids is 1. The van der Waals surface area contributed by atoms with Crippen LogP contribution >= 0.6 is 0 Å². The van der Waals surface area contributed by atoms with Gasteiger partial charge in [-0.15, -0.1) is 0 Å². The van der Waals surface area contributed by atoms with Gasteiger partial charge in [-0.05, 0) is 0 Å². The Morgan fingerprint density at radius 1 is 1.29 bits per heavy atom. The van der Waals surface area contributed by atoms with Crippen LogP contribution in [0, 0.1) is 0 Å². The Hall–Kier alpha value is -1.38. The van der Waals surface area contributed by atoms with Crippen molar-refractivity contribution in [2.45, 2.75) is 6.42 Å². The number of aromatic amines is 2. The van der Waals surface area contributed by atoms with Crippen LogP contribution in [0.2, 0.25) is 0 Å². The van der Waals surface area contributed by atoms with Crippen molar-refractivity contribution in [2.24, 2.45) is 0 Å². The summed E-state index contributed by atoms with van der Waals surface area (Å²) < 4.78 is 0. The van der Waals surface area contributed by atoms with Gasteiger partial charge in [-0.25, -0.2) is 4.79 Å². The number of carboxylic acid groups (broad SMARTS) is 1. The zero-order valence-electron chi connectivity index (χ0n) is 9.07. The van der Waals surface area contributed by atoms with Gasteiger partial charge < -0.3 is 15.4 Å². The van der Waals surface area contributed by atoms with Crippen LogP contribution in [-0.2, 0) is 4.79 Å². The summed E-state index contributed by atoms with van der Waals surface area (Å²) in [4.78, 5) is 47.1. The predicted octanol–water partition coefficient (Wildman–Crippen LogP) is -4.73. The van der Waals surface area contributed by atoms with Crippen molar-refractivity contribution in [3.8, 4) is 0 Å². The molecular weight excluding hydrogens is 241 g/mol. The van der Waals surface area contributed by atoms with Crippen LogP contribution in [0.25, 0.3) is 0 Å². The maximum Gasteiger partial charge on any atom is 1.00 e. The first-order chi connectivity index (χ1) is 7.49. The monoisotopic (exact) mass is 250 g/mol. The fraction of sp³-hybridized carbons (Fsp3) is 0.250. The van der Waals surface area contributed by atoms with Crippen LogP contribution in [-0.4, -0.2) is 33.5 Å². The van der Waals surface area contributed by atoms with Gasteiger partial charge >= 0.3 is 41.2 Å². The molecule has 0 spiro atoms. The topological polar surface area (TPSA) is 132 Å². The molecule has 0 unspecified atom stereocenters. The molecule has 1 aromatic rings. The van der Waals surface area contributed by atoms with Crippen molar-refractivity contribution >= 4 is 11.9 Å². The van der Waals surface area contributed by atoms with E-state index >= 15 is 0 Å². The molecule has 0 fully saturated rings. The summed E-state index contributed by atoms with van der Waals surface area (Å²) in [5, 5.41) is 10.6. The van der Waals surface area contributed by atoms with Gasteiger partial charge in [0.2, 0.25) is 0 Å². The van der Waals surface area contributed by atoms with Crippen LogP contribution < -0.4 is 46.1 Å². The molecule has 17 heavy (non-hydrogen) atoms. The number of amides is 1. The van der Waals surface area contributed by atoms with E-state index in [4.69, 9.17) is 5.11 Å². The van der Waals surface area contributed by atoms with Crippen molar-refractivity contribution in [3.05, 3.63) is 32.6 Å². The smallest absolute Gasteiger partial charge is 0.481 e. The third kappa shape index (κ3) is 5.48. The van der Waals surface area contributed by atoms with Gasteiger partial charge in [-0.1, -0.05) is 0 Å². The molecule has 1 aromatic heterocycles. The minimum atomic E-state index is -1.06. The van der Waals surface area contributed by atoms with Gasteiger partial charge in [0.15, 0.2) is 0 Å². The van der Waals surface area contributed by atoms with E-state index < -0.39 is 23.1 Å². The maximum absolute atomic E-state index is 11.3. The summed E-state index contributed by atoms with van der Waals surface area (Å²) in [6, 6.07) is 0.914. The van der Waals surface area contributed by atoms with E-state index in [0.29, 0.717) is 0 Å². The van der Waals surface area contributed by atoms with Gasteiger partial charge in [0.1, 0.15) is 5.69 Å². The molecule has 0 atom stereocenters. The molecule has 0 radical (unpaired) electrons. The van der Waals surface area contributed by atoms with Crippen molar-refractivity contribution in [3.63, 3.8) is 0 Å². The minimum absolute atomic E-state index is 0. The molecule has 0 saturated carbocycles. The normalized spacial score (nSPS) is 9.18. The number of hydrogen-bond acceptors (Lipinski definition) is 4. The third-order valence-electron chi connectivity index (χ3n) is 1.63. The van der Waals surface area contributed by atoms with E-state index in [1.165, 1.54) is 0 Å². The second kappa shape index (κ2) is 7.05. The Labute approximate surface area is 117 Å². The fourth-order valence-electron chi connectivity index (χ4n) is 0.969. The number of aliphatic carboxylic acids is 1. The van der Waals surface area contributed by atoms with Gasteiger partial charge in [-0.2, -0.15) is 0 Å². The van der Waals surface area contributed by atoms with E-state index in [2.05, 4.69) is 10.3 Å². The standard InChI is InChI=1S/C8H9N3O5.Na/c12-5-3-4(10-8(16)11-5)7(15)9-2-1-6(13)14;/h3H,1-2H2,(H,9,15)(H,13,14)(H2,10,11,12,16);/q;+1. The van der Waals surface area contributed by atoms with Gasteiger partial charge in [0, 0.05) is 12.6 Å². The van der Waals surface area contributed by atoms with Gasteiger partial charge in [0.05, 0.1) is 6.42 Å². The van der Waals surface area contributed by atoms with Crippen molar-refractivity contribution in [1.29, 1.82) is 0 Å². The number of carbonyl (C=O) groups is 2. The van der Waals surface area contributed by atoms with E-state index in [1.807, 2.05) is 4.98 Å². The summed E-state index contributed by atoms with van der Waals surface area (Å²) >= 11 is 0. The summed E-state index contributed by atoms with van der Waals surface area (Å²) in [5.74, 6) is -1.76. The van der Waals surface area contributed by atoms with Gasteiger partial charge in [-0.3, -0.25) is 19.4 Å². The number of aromatic nitrogens is 2. The van der Waals surface area contributed by atoms with Gasteiger partial charge in [0.25, 0.3) is 11.5 Å². The van der Waals surface area contributed by atoms with Crippen LogP contribution in [0.3, 0.4) is 0 Å². The minimum Gasteiger partial charge on any atom is -0.481 e. The molecular formula is C8H9N3NaO5+. The molecule has 1 rings (SSSR count). The third-order valence-corrected chi connectivity index (χ3v) is 1.63. The molecule has 0 aliphatic rings. The van der Waals surface area contributed by atoms with E-state index in [9.17, 15) is 19.2 Å².